The zero-order valence-electron chi connectivity index (χ0n) is 19.2. The topological polar surface area (TPSA) is 71.1 Å². The molecule has 1 unspecified atom stereocenters. The molecule has 1 saturated heterocycles. The summed E-state index contributed by atoms with van der Waals surface area (Å²) in [5.74, 6) is 1.80. The van der Waals surface area contributed by atoms with Crippen LogP contribution in [0, 0.1) is 11.8 Å². The van der Waals surface area contributed by atoms with Crippen LogP contribution in [0.5, 0.6) is 11.5 Å². The Morgan fingerprint density at radius 3 is 2.26 bits per heavy atom. The van der Waals surface area contributed by atoms with Gasteiger partial charge in [-0.3, -0.25) is 9.69 Å². The Hall–Kier alpha value is -2.28. The summed E-state index contributed by atoms with van der Waals surface area (Å²) >= 11 is 0. The maximum atomic E-state index is 13.5. The van der Waals surface area contributed by atoms with Crippen molar-refractivity contribution in [1.82, 2.24) is 15.1 Å². The number of fused-ring (bicyclic) bond motifs is 1. The van der Waals surface area contributed by atoms with E-state index in [4.69, 9.17) is 9.47 Å². The molecule has 0 bridgehead atoms. The van der Waals surface area contributed by atoms with Crippen molar-refractivity contribution < 1.29 is 19.1 Å². The molecule has 3 atom stereocenters. The average molecular weight is 430 g/mol. The van der Waals surface area contributed by atoms with Gasteiger partial charge in [-0.15, -0.1) is 0 Å². The van der Waals surface area contributed by atoms with E-state index in [-0.39, 0.29) is 23.8 Å². The van der Waals surface area contributed by atoms with Crippen LogP contribution in [-0.4, -0.2) is 53.7 Å². The van der Waals surface area contributed by atoms with Crippen molar-refractivity contribution in [3.63, 3.8) is 0 Å². The molecule has 2 heterocycles. The zero-order chi connectivity index (χ0) is 22.2. The fraction of sp³-hybridized carbons (Fsp3) is 0.667. The normalized spacial score (nSPS) is 28.6. The van der Waals surface area contributed by atoms with Crippen molar-refractivity contribution in [2.24, 2.45) is 11.8 Å². The molecule has 3 amide bonds. The van der Waals surface area contributed by atoms with Gasteiger partial charge in [0.15, 0.2) is 11.5 Å². The molecule has 7 nitrogen and oxygen atoms in total. The van der Waals surface area contributed by atoms with Crippen molar-refractivity contribution in [3.8, 4) is 11.5 Å². The Bertz CT molecular complexity index is 845. The minimum absolute atomic E-state index is 0.0512. The Morgan fingerprint density at radius 1 is 1.03 bits per heavy atom. The van der Waals surface area contributed by atoms with Crippen molar-refractivity contribution in [1.29, 1.82) is 0 Å². The molecule has 1 aromatic carbocycles. The average Bonchev–Trinajstić information content (AvgIpc) is 2.99. The molecule has 7 heteroatoms. The van der Waals surface area contributed by atoms with E-state index in [1.54, 1.807) is 0 Å². The molecular weight excluding hydrogens is 394 g/mol. The number of carbonyl (C=O) groups is 2. The first kappa shape index (κ1) is 21.9. The standard InChI is InChI=1S/C24H35N3O4/c1-5-30-20-12-18-10-11-26(14-19(18)13-21(20)31-6-2)15-27-22(28)24(25-23(27)29)16(3)8-7-9-17(24)4/h12-13,16-17H,5-11,14-15H2,1-4H3,(H,25,29)/t16-,17+,24?. The van der Waals surface area contributed by atoms with Gasteiger partial charge in [0.1, 0.15) is 5.54 Å². The second-order valence-corrected chi connectivity index (χ2v) is 9.14. The first-order valence-electron chi connectivity index (χ1n) is 11.7. The molecule has 2 aliphatic heterocycles. The quantitative estimate of drug-likeness (QED) is 0.701. The summed E-state index contributed by atoms with van der Waals surface area (Å²) in [6.45, 7) is 11.1. The molecule has 1 aliphatic carbocycles. The summed E-state index contributed by atoms with van der Waals surface area (Å²) in [6.07, 6.45) is 3.92. The van der Waals surface area contributed by atoms with Gasteiger partial charge in [0.05, 0.1) is 19.9 Å². The van der Waals surface area contributed by atoms with E-state index in [2.05, 4.69) is 36.2 Å². The second kappa shape index (κ2) is 8.69. The van der Waals surface area contributed by atoms with Gasteiger partial charge in [-0.25, -0.2) is 9.69 Å². The zero-order valence-corrected chi connectivity index (χ0v) is 19.2. The van der Waals surface area contributed by atoms with Gasteiger partial charge in [0, 0.05) is 13.1 Å². The van der Waals surface area contributed by atoms with Gasteiger partial charge < -0.3 is 14.8 Å². The number of urea groups is 1. The van der Waals surface area contributed by atoms with Gasteiger partial charge in [0.2, 0.25) is 0 Å². The van der Waals surface area contributed by atoms with Crippen LogP contribution in [0.15, 0.2) is 12.1 Å². The van der Waals surface area contributed by atoms with Crippen molar-refractivity contribution >= 4 is 11.9 Å². The lowest BCUT2D eigenvalue weighted by molar-refractivity contribution is -0.138. The lowest BCUT2D eigenvalue weighted by Crippen LogP contribution is -2.59. The predicted octanol–water partition coefficient (Wildman–Crippen LogP) is 3.55. The fourth-order valence-electron chi connectivity index (χ4n) is 5.56. The molecule has 0 aromatic heterocycles. The number of carbonyl (C=O) groups excluding carboxylic acids is 2. The first-order valence-corrected chi connectivity index (χ1v) is 11.7. The maximum Gasteiger partial charge on any atom is 0.326 e. The van der Waals surface area contributed by atoms with Gasteiger partial charge in [-0.1, -0.05) is 20.3 Å². The smallest absolute Gasteiger partial charge is 0.326 e. The van der Waals surface area contributed by atoms with E-state index in [1.165, 1.54) is 16.0 Å². The number of benzene rings is 1. The molecule has 4 rings (SSSR count). The molecule has 0 radical (unpaired) electrons. The molecule has 1 saturated carbocycles. The highest BCUT2D eigenvalue weighted by Crippen LogP contribution is 2.42. The van der Waals surface area contributed by atoms with Gasteiger partial charge in [0.25, 0.3) is 5.91 Å². The van der Waals surface area contributed by atoms with Crippen LogP contribution in [0.4, 0.5) is 4.79 Å². The van der Waals surface area contributed by atoms with E-state index in [9.17, 15) is 9.59 Å². The number of rotatable bonds is 6. The molecule has 1 spiro atoms. The third-order valence-electron chi connectivity index (χ3n) is 7.29. The lowest BCUT2D eigenvalue weighted by Gasteiger charge is -2.42. The van der Waals surface area contributed by atoms with Gasteiger partial charge in [-0.05, 0) is 68.2 Å². The van der Waals surface area contributed by atoms with Gasteiger partial charge >= 0.3 is 6.03 Å². The molecule has 3 aliphatic rings. The van der Waals surface area contributed by atoms with Gasteiger partial charge in [-0.2, -0.15) is 0 Å². The van der Waals surface area contributed by atoms with Crippen LogP contribution in [0.2, 0.25) is 0 Å². The Morgan fingerprint density at radius 2 is 1.65 bits per heavy atom. The van der Waals surface area contributed by atoms with E-state index in [0.29, 0.717) is 26.4 Å². The minimum atomic E-state index is -0.739. The van der Waals surface area contributed by atoms with Crippen molar-refractivity contribution in [3.05, 3.63) is 23.3 Å². The maximum absolute atomic E-state index is 13.5. The summed E-state index contributed by atoms with van der Waals surface area (Å²) in [4.78, 5) is 29.9. The summed E-state index contributed by atoms with van der Waals surface area (Å²) in [7, 11) is 0. The third kappa shape index (κ3) is 3.77. The Balaban J connectivity index is 1.51. The molecular formula is C24H35N3O4. The fourth-order valence-corrected chi connectivity index (χ4v) is 5.56. The number of nitrogens with one attached hydrogen (secondary N) is 1. The highest BCUT2D eigenvalue weighted by atomic mass is 16.5. The monoisotopic (exact) mass is 429 g/mol. The molecule has 2 fully saturated rings. The van der Waals surface area contributed by atoms with Crippen LogP contribution in [0.3, 0.4) is 0 Å². The number of amides is 3. The summed E-state index contributed by atoms with van der Waals surface area (Å²) < 4.78 is 11.5. The minimum Gasteiger partial charge on any atom is -0.490 e. The number of imide groups is 1. The summed E-state index contributed by atoms with van der Waals surface area (Å²) in [5, 5.41) is 3.10. The SMILES string of the molecule is CCOc1cc2c(cc1OCC)CN(CN1C(=O)NC3(C1=O)[C@H](C)CCC[C@@H]3C)CC2. The molecule has 1 N–H and O–H groups in total. The Kier molecular flexibility index (Phi) is 6.15. The second-order valence-electron chi connectivity index (χ2n) is 9.14. The number of ether oxygens (including phenoxy) is 2. The van der Waals surface area contributed by atoms with Crippen LogP contribution >= 0.6 is 0 Å². The summed E-state index contributed by atoms with van der Waals surface area (Å²) in [5.41, 5.74) is 1.67. The van der Waals surface area contributed by atoms with E-state index in [1.807, 2.05) is 13.8 Å². The van der Waals surface area contributed by atoms with E-state index in [0.717, 1.165) is 43.7 Å². The highest BCUT2D eigenvalue weighted by Gasteiger charge is 2.58. The predicted molar refractivity (Wildman–Crippen MR) is 118 cm³/mol. The van der Waals surface area contributed by atoms with E-state index < -0.39 is 5.54 Å². The Labute approximate surface area is 185 Å². The van der Waals surface area contributed by atoms with Crippen molar-refractivity contribution in [2.45, 2.75) is 65.5 Å². The largest absolute Gasteiger partial charge is 0.490 e. The lowest BCUT2D eigenvalue weighted by atomic mass is 9.67. The highest BCUT2D eigenvalue weighted by molar-refractivity contribution is 6.07. The number of nitrogens with zero attached hydrogens (tertiary/aromatic N) is 2. The molecule has 1 aromatic rings. The first-order chi connectivity index (χ1) is 14.9. The van der Waals surface area contributed by atoms with Crippen LogP contribution in [0.25, 0.3) is 0 Å². The molecule has 170 valence electrons. The van der Waals surface area contributed by atoms with Crippen molar-refractivity contribution in [2.75, 3.05) is 26.4 Å². The molecule has 31 heavy (non-hydrogen) atoms. The van der Waals surface area contributed by atoms with Crippen LogP contribution < -0.4 is 14.8 Å². The number of hydrogen-bond donors (Lipinski definition) is 1. The van der Waals surface area contributed by atoms with Crippen LogP contribution in [0.1, 0.15) is 58.1 Å². The summed E-state index contributed by atoms with van der Waals surface area (Å²) in [6, 6.07) is 3.88. The third-order valence-corrected chi connectivity index (χ3v) is 7.29. The van der Waals surface area contributed by atoms with E-state index >= 15 is 0 Å². The number of hydrogen-bond acceptors (Lipinski definition) is 5. The van der Waals surface area contributed by atoms with Crippen LogP contribution in [-0.2, 0) is 17.8 Å².